The Hall–Kier alpha value is -1.60. The van der Waals surface area contributed by atoms with E-state index in [9.17, 15) is 9.50 Å². The van der Waals surface area contributed by atoms with E-state index in [0.29, 0.717) is 5.75 Å². The minimum Gasteiger partial charge on any atom is -0.497 e. The molecule has 1 atom stereocenters. The molecule has 14 heavy (non-hydrogen) atoms. The Morgan fingerprint density at radius 2 is 2.21 bits per heavy atom. The van der Waals surface area contributed by atoms with Gasteiger partial charge in [-0.05, 0) is 25.1 Å². The molecular formula is C10H10FNO2. The number of hydrogen-bond donors (Lipinski definition) is 1. The van der Waals surface area contributed by atoms with Gasteiger partial charge in [0.1, 0.15) is 17.6 Å². The van der Waals surface area contributed by atoms with E-state index in [1.807, 2.05) is 0 Å². The average molecular weight is 195 g/mol. The molecule has 1 unspecified atom stereocenters. The maximum absolute atomic E-state index is 13.2. The molecular weight excluding hydrogens is 185 g/mol. The average Bonchev–Trinajstić information content (AvgIpc) is 2.18. The lowest BCUT2D eigenvalue weighted by Crippen LogP contribution is -2.20. The Kier molecular flexibility index (Phi) is 2.73. The van der Waals surface area contributed by atoms with Gasteiger partial charge in [-0.25, -0.2) is 4.39 Å². The number of halogens is 1. The van der Waals surface area contributed by atoms with E-state index < -0.39 is 11.4 Å². The van der Waals surface area contributed by atoms with Crippen LogP contribution >= 0.6 is 0 Å². The summed E-state index contributed by atoms with van der Waals surface area (Å²) < 4.78 is 18.1. The minimum atomic E-state index is -1.83. The molecule has 4 heteroatoms. The first kappa shape index (κ1) is 10.5. The van der Waals surface area contributed by atoms with Crippen molar-refractivity contribution in [3.05, 3.63) is 29.6 Å². The fourth-order valence-corrected chi connectivity index (χ4v) is 1.06. The SMILES string of the molecule is COc1ccc(F)c(C(C)(O)C#N)c1. The monoisotopic (exact) mass is 195 g/mol. The van der Waals surface area contributed by atoms with Crippen LogP contribution < -0.4 is 4.74 Å². The largest absolute Gasteiger partial charge is 0.497 e. The Morgan fingerprint density at radius 3 is 2.71 bits per heavy atom. The van der Waals surface area contributed by atoms with Crippen molar-refractivity contribution in [2.24, 2.45) is 0 Å². The maximum Gasteiger partial charge on any atom is 0.176 e. The first-order valence-corrected chi connectivity index (χ1v) is 3.99. The van der Waals surface area contributed by atoms with Gasteiger partial charge in [0.15, 0.2) is 5.60 Å². The first-order valence-electron chi connectivity index (χ1n) is 3.99. The molecule has 0 bridgehead atoms. The van der Waals surface area contributed by atoms with Crippen LogP contribution in [0.3, 0.4) is 0 Å². The van der Waals surface area contributed by atoms with Crippen molar-refractivity contribution >= 4 is 0 Å². The summed E-state index contributed by atoms with van der Waals surface area (Å²) in [7, 11) is 1.43. The highest BCUT2D eigenvalue weighted by atomic mass is 19.1. The first-order chi connectivity index (χ1) is 6.51. The van der Waals surface area contributed by atoms with Crippen LogP contribution in [0.5, 0.6) is 5.75 Å². The molecule has 3 nitrogen and oxygen atoms in total. The van der Waals surface area contributed by atoms with Crippen molar-refractivity contribution < 1.29 is 14.2 Å². The molecule has 0 saturated carbocycles. The van der Waals surface area contributed by atoms with Crippen LogP contribution in [0.2, 0.25) is 0 Å². The number of aliphatic hydroxyl groups is 1. The van der Waals surface area contributed by atoms with Crippen molar-refractivity contribution in [1.29, 1.82) is 5.26 Å². The Labute approximate surface area is 81.4 Å². The van der Waals surface area contributed by atoms with E-state index in [0.717, 1.165) is 6.07 Å². The summed E-state index contributed by atoms with van der Waals surface area (Å²) >= 11 is 0. The van der Waals surface area contributed by atoms with Gasteiger partial charge in [0.25, 0.3) is 0 Å². The van der Waals surface area contributed by atoms with Gasteiger partial charge in [0, 0.05) is 5.56 Å². The zero-order chi connectivity index (χ0) is 10.8. The van der Waals surface area contributed by atoms with Crippen molar-refractivity contribution in [2.45, 2.75) is 12.5 Å². The molecule has 1 rings (SSSR count). The molecule has 74 valence electrons. The van der Waals surface area contributed by atoms with Gasteiger partial charge in [-0.15, -0.1) is 0 Å². The van der Waals surface area contributed by atoms with Gasteiger partial charge in [0.2, 0.25) is 0 Å². The summed E-state index contributed by atoms with van der Waals surface area (Å²) in [6, 6.07) is 5.49. The third kappa shape index (κ3) is 1.83. The standard InChI is InChI=1S/C10H10FNO2/c1-10(13,6-12)8-5-7(14-2)3-4-9(8)11/h3-5,13H,1-2H3. The van der Waals surface area contributed by atoms with Crippen LogP contribution in [-0.2, 0) is 5.60 Å². The highest BCUT2D eigenvalue weighted by Gasteiger charge is 2.26. The number of nitriles is 1. The fraction of sp³-hybridized carbons (Fsp3) is 0.300. The van der Waals surface area contributed by atoms with Crippen molar-refractivity contribution in [1.82, 2.24) is 0 Å². The molecule has 0 amide bonds. The lowest BCUT2D eigenvalue weighted by molar-refractivity contribution is 0.115. The second kappa shape index (κ2) is 3.64. The summed E-state index contributed by atoms with van der Waals surface area (Å²) in [5.41, 5.74) is -1.92. The van der Waals surface area contributed by atoms with Gasteiger partial charge < -0.3 is 9.84 Å². The molecule has 0 saturated heterocycles. The lowest BCUT2D eigenvalue weighted by atomic mass is 9.97. The molecule has 1 aromatic carbocycles. The zero-order valence-electron chi connectivity index (χ0n) is 7.91. The van der Waals surface area contributed by atoms with Gasteiger partial charge in [-0.1, -0.05) is 0 Å². The van der Waals surface area contributed by atoms with Crippen LogP contribution in [-0.4, -0.2) is 12.2 Å². The van der Waals surface area contributed by atoms with E-state index >= 15 is 0 Å². The predicted octanol–water partition coefficient (Wildman–Crippen LogP) is 1.57. The molecule has 1 aromatic rings. The molecule has 0 aliphatic rings. The van der Waals surface area contributed by atoms with E-state index in [1.54, 1.807) is 6.07 Å². The molecule has 0 aromatic heterocycles. The Morgan fingerprint density at radius 1 is 1.57 bits per heavy atom. The molecule has 0 radical (unpaired) electrons. The molecule has 0 heterocycles. The fourth-order valence-electron chi connectivity index (χ4n) is 1.06. The quantitative estimate of drug-likeness (QED) is 0.728. The van der Waals surface area contributed by atoms with Gasteiger partial charge in [-0.3, -0.25) is 0 Å². The Balaban J connectivity index is 3.27. The van der Waals surface area contributed by atoms with E-state index in [2.05, 4.69) is 0 Å². The van der Waals surface area contributed by atoms with Crippen LogP contribution in [0.15, 0.2) is 18.2 Å². The third-order valence-electron chi connectivity index (χ3n) is 1.92. The van der Waals surface area contributed by atoms with E-state index in [4.69, 9.17) is 10.00 Å². The number of methoxy groups -OCH3 is 1. The highest BCUT2D eigenvalue weighted by Crippen LogP contribution is 2.26. The number of ether oxygens (including phenoxy) is 1. The van der Waals surface area contributed by atoms with E-state index in [1.165, 1.54) is 26.2 Å². The summed E-state index contributed by atoms with van der Waals surface area (Å²) in [6.07, 6.45) is 0. The number of hydrogen-bond acceptors (Lipinski definition) is 3. The van der Waals surface area contributed by atoms with E-state index in [-0.39, 0.29) is 5.56 Å². The molecule has 0 spiro atoms. The molecule has 0 aliphatic carbocycles. The van der Waals surface area contributed by atoms with Crippen molar-refractivity contribution in [2.75, 3.05) is 7.11 Å². The summed E-state index contributed by atoms with van der Waals surface area (Å²) in [5, 5.41) is 18.2. The summed E-state index contributed by atoms with van der Waals surface area (Å²) in [5.74, 6) is -0.228. The third-order valence-corrected chi connectivity index (χ3v) is 1.92. The molecule has 0 aliphatic heterocycles. The van der Waals surface area contributed by atoms with Crippen LogP contribution in [0.25, 0.3) is 0 Å². The van der Waals surface area contributed by atoms with Crippen LogP contribution in [0.4, 0.5) is 4.39 Å². The second-order valence-electron chi connectivity index (χ2n) is 3.03. The highest BCUT2D eigenvalue weighted by molar-refractivity contribution is 5.36. The zero-order valence-corrected chi connectivity index (χ0v) is 7.91. The van der Waals surface area contributed by atoms with Gasteiger partial charge >= 0.3 is 0 Å². The summed E-state index contributed by atoms with van der Waals surface area (Å²) in [6.45, 7) is 1.23. The summed E-state index contributed by atoms with van der Waals surface area (Å²) in [4.78, 5) is 0. The van der Waals surface area contributed by atoms with Crippen LogP contribution in [0.1, 0.15) is 12.5 Å². The van der Waals surface area contributed by atoms with Gasteiger partial charge in [-0.2, -0.15) is 5.26 Å². The maximum atomic E-state index is 13.2. The Bertz CT molecular complexity index is 382. The van der Waals surface area contributed by atoms with Crippen molar-refractivity contribution in [3.63, 3.8) is 0 Å². The lowest BCUT2D eigenvalue weighted by Gasteiger charge is -2.16. The predicted molar refractivity (Wildman–Crippen MR) is 48.1 cm³/mol. The minimum absolute atomic E-state index is 0.0839. The van der Waals surface area contributed by atoms with Crippen molar-refractivity contribution in [3.8, 4) is 11.8 Å². The van der Waals surface area contributed by atoms with Crippen LogP contribution in [0, 0.1) is 17.1 Å². The smallest absolute Gasteiger partial charge is 0.176 e. The number of rotatable bonds is 2. The molecule has 1 N–H and O–H groups in total. The number of nitrogens with zero attached hydrogens (tertiary/aromatic N) is 1. The topological polar surface area (TPSA) is 53.2 Å². The number of benzene rings is 1. The molecule has 0 fully saturated rings. The second-order valence-corrected chi connectivity index (χ2v) is 3.03. The normalized spacial score (nSPS) is 14.2. The van der Waals surface area contributed by atoms with Gasteiger partial charge in [0.05, 0.1) is 7.11 Å².